The molecule has 0 bridgehead atoms. The van der Waals surface area contributed by atoms with Crippen molar-refractivity contribution < 1.29 is 23.9 Å². The maximum Gasteiger partial charge on any atom is 0.335 e. The smallest absolute Gasteiger partial charge is 0.335 e. The number of Topliss-reactive ketones (excluding diaryl/α,β-unsaturated/α-hetero) is 1. The molecule has 0 radical (unpaired) electrons. The molecule has 1 saturated heterocycles. The molecule has 29 heavy (non-hydrogen) atoms. The van der Waals surface area contributed by atoms with Gasteiger partial charge < -0.3 is 5.11 Å². The van der Waals surface area contributed by atoms with Gasteiger partial charge in [0.05, 0.1) is 16.5 Å². The zero-order valence-electron chi connectivity index (χ0n) is 15.2. The van der Waals surface area contributed by atoms with Crippen molar-refractivity contribution in [1.82, 2.24) is 4.90 Å². The van der Waals surface area contributed by atoms with Gasteiger partial charge in [-0.05, 0) is 48.5 Å². The average Bonchev–Trinajstić information content (AvgIpc) is 2.98. The molecule has 1 fully saturated rings. The quantitative estimate of drug-likeness (QED) is 0.550. The molecule has 1 amide bonds. The van der Waals surface area contributed by atoms with Gasteiger partial charge in [0.2, 0.25) is 5.91 Å². The number of carboxylic acid groups (broad SMARTS) is 1. The van der Waals surface area contributed by atoms with E-state index in [9.17, 15) is 18.8 Å². The van der Waals surface area contributed by atoms with Crippen molar-refractivity contribution in [3.63, 3.8) is 0 Å². The van der Waals surface area contributed by atoms with Crippen molar-refractivity contribution in [2.24, 2.45) is 4.99 Å². The van der Waals surface area contributed by atoms with E-state index in [1.54, 1.807) is 18.2 Å². The van der Waals surface area contributed by atoms with E-state index in [4.69, 9.17) is 5.11 Å². The molecule has 1 unspecified atom stereocenters. The largest absolute Gasteiger partial charge is 0.478 e. The normalized spacial score (nSPS) is 17.6. The summed E-state index contributed by atoms with van der Waals surface area (Å²) in [7, 11) is 0. The number of hydrogen-bond acceptors (Lipinski definition) is 5. The van der Waals surface area contributed by atoms with Crippen LogP contribution in [0.4, 0.5) is 10.1 Å². The van der Waals surface area contributed by atoms with E-state index in [1.165, 1.54) is 53.1 Å². The Hall–Kier alpha value is -3.26. The summed E-state index contributed by atoms with van der Waals surface area (Å²) in [6.45, 7) is 3.88. The maximum absolute atomic E-state index is 13.0. The van der Waals surface area contributed by atoms with Crippen LogP contribution in [0.5, 0.6) is 0 Å². The van der Waals surface area contributed by atoms with Crippen LogP contribution in [0.25, 0.3) is 0 Å². The van der Waals surface area contributed by atoms with Gasteiger partial charge in [0.1, 0.15) is 5.82 Å². The number of aliphatic imine (C=N–C) groups is 1. The van der Waals surface area contributed by atoms with Crippen molar-refractivity contribution >= 4 is 40.3 Å². The molecule has 2 aromatic rings. The molecule has 1 N–H and O–H groups in total. The summed E-state index contributed by atoms with van der Waals surface area (Å²) in [6.07, 6.45) is 1.52. The van der Waals surface area contributed by atoms with Gasteiger partial charge in [-0.2, -0.15) is 0 Å². The fourth-order valence-electron chi connectivity index (χ4n) is 2.73. The molecule has 1 atom stereocenters. The van der Waals surface area contributed by atoms with Gasteiger partial charge in [0, 0.05) is 18.5 Å². The van der Waals surface area contributed by atoms with Gasteiger partial charge >= 0.3 is 5.97 Å². The zero-order chi connectivity index (χ0) is 21.0. The standard InChI is InChI=1S/C21H17FN2O4S/c1-2-11-24-19(26)18(12-17(25)13-3-7-15(22)8-4-13)29-21(24)23-16-9-5-14(6-10-16)20(27)28/h2-10,18H,1,11-12H2,(H,27,28). The Morgan fingerprint density at radius 3 is 2.34 bits per heavy atom. The molecule has 2 aromatic carbocycles. The third-order valence-electron chi connectivity index (χ3n) is 4.21. The fourth-order valence-corrected chi connectivity index (χ4v) is 3.90. The van der Waals surface area contributed by atoms with E-state index < -0.39 is 17.0 Å². The first-order chi connectivity index (χ1) is 13.9. The molecule has 0 aromatic heterocycles. The van der Waals surface area contributed by atoms with Gasteiger partial charge in [-0.25, -0.2) is 14.2 Å². The number of thioether (sulfide) groups is 1. The Morgan fingerprint density at radius 1 is 1.14 bits per heavy atom. The Kier molecular flexibility index (Phi) is 6.23. The first kappa shape index (κ1) is 20.5. The molecular weight excluding hydrogens is 395 g/mol. The lowest BCUT2D eigenvalue weighted by atomic mass is 10.1. The Morgan fingerprint density at radius 2 is 1.76 bits per heavy atom. The molecule has 0 saturated carbocycles. The van der Waals surface area contributed by atoms with Crippen LogP contribution in [0.1, 0.15) is 27.1 Å². The van der Waals surface area contributed by atoms with Gasteiger partial charge in [0.15, 0.2) is 11.0 Å². The average molecular weight is 412 g/mol. The van der Waals surface area contributed by atoms with E-state index in [-0.39, 0.29) is 30.2 Å². The van der Waals surface area contributed by atoms with Gasteiger partial charge in [-0.1, -0.05) is 17.8 Å². The molecule has 148 valence electrons. The summed E-state index contributed by atoms with van der Waals surface area (Å²) in [5.41, 5.74) is 0.962. The van der Waals surface area contributed by atoms with E-state index in [1.807, 2.05) is 0 Å². The first-order valence-electron chi connectivity index (χ1n) is 8.69. The number of nitrogens with zero attached hydrogens (tertiary/aromatic N) is 2. The SMILES string of the molecule is C=CCN1C(=O)C(CC(=O)c2ccc(F)cc2)SC1=Nc1ccc(C(=O)O)cc1. The molecule has 0 spiro atoms. The molecule has 1 aliphatic rings. The highest BCUT2D eigenvalue weighted by molar-refractivity contribution is 8.15. The van der Waals surface area contributed by atoms with Crippen LogP contribution >= 0.6 is 11.8 Å². The zero-order valence-corrected chi connectivity index (χ0v) is 16.1. The van der Waals surface area contributed by atoms with Crippen molar-refractivity contribution in [3.8, 4) is 0 Å². The van der Waals surface area contributed by atoms with Crippen LogP contribution in [-0.4, -0.2) is 44.6 Å². The lowest BCUT2D eigenvalue weighted by Crippen LogP contribution is -2.32. The van der Waals surface area contributed by atoms with Gasteiger partial charge in [-0.15, -0.1) is 6.58 Å². The number of amides is 1. The van der Waals surface area contributed by atoms with E-state index in [0.29, 0.717) is 16.4 Å². The number of amidine groups is 1. The first-order valence-corrected chi connectivity index (χ1v) is 9.56. The number of benzene rings is 2. The minimum Gasteiger partial charge on any atom is -0.478 e. The Bertz CT molecular complexity index is 987. The molecular formula is C21H17FN2O4S. The third kappa shape index (κ3) is 4.78. The van der Waals surface area contributed by atoms with Crippen molar-refractivity contribution in [1.29, 1.82) is 0 Å². The van der Waals surface area contributed by atoms with Crippen LogP contribution < -0.4 is 0 Å². The van der Waals surface area contributed by atoms with Crippen molar-refractivity contribution in [3.05, 3.63) is 78.1 Å². The highest BCUT2D eigenvalue weighted by atomic mass is 32.2. The third-order valence-corrected chi connectivity index (χ3v) is 5.38. The van der Waals surface area contributed by atoms with E-state index in [2.05, 4.69) is 11.6 Å². The fraction of sp³-hybridized carbons (Fsp3) is 0.143. The molecule has 3 rings (SSSR count). The topological polar surface area (TPSA) is 87.0 Å². The predicted molar refractivity (Wildman–Crippen MR) is 109 cm³/mol. The second kappa shape index (κ2) is 8.83. The molecule has 1 heterocycles. The number of ketones is 1. The number of aromatic carboxylic acids is 1. The predicted octanol–water partition coefficient (Wildman–Crippen LogP) is 3.91. The molecule has 6 nitrogen and oxygen atoms in total. The maximum atomic E-state index is 13.0. The monoisotopic (exact) mass is 412 g/mol. The summed E-state index contributed by atoms with van der Waals surface area (Å²) < 4.78 is 13.0. The minimum atomic E-state index is -1.04. The summed E-state index contributed by atoms with van der Waals surface area (Å²) in [5, 5.41) is 8.74. The lowest BCUT2D eigenvalue weighted by Gasteiger charge is -2.13. The summed E-state index contributed by atoms with van der Waals surface area (Å²) in [4.78, 5) is 42.0. The number of rotatable bonds is 7. The number of halogens is 1. The molecule has 1 aliphatic heterocycles. The Labute approximate surface area is 170 Å². The van der Waals surface area contributed by atoms with Crippen molar-refractivity contribution in [2.45, 2.75) is 11.7 Å². The Balaban J connectivity index is 1.80. The minimum absolute atomic E-state index is 0.0419. The highest BCUT2D eigenvalue weighted by Crippen LogP contribution is 2.32. The molecule has 0 aliphatic carbocycles. The van der Waals surface area contributed by atoms with Crippen molar-refractivity contribution in [2.75, 3.05) is 6.54 Å². The molecule has 8 heteroatoms. The lowest BCUT2D eigenvalue weighted by molar-refractivity contribution is -0.125. The van der Waals surface area contributed by atoms with Gasteiger partial charge in [0.25, 0.3) is 0 Å². The summed E-state index contributed by atoms with van der Waals surface area (Å²) in [5.74, 6) is -2.00. The van der Waals surface area contributed by atoms with Gasteiger partial charge in [-0.3, -0.25) is 14.5 Å². The number of carboxylic acids is 1. The number of carbonyl (C=O) groups is 3. The second-order valence-corrected chi connectivity index (χ2v) is 7.39. The van der Waals surface area contributed by atoms with Crippen LogP contribution in [0.15, 0.2) is 66.2 Å². The summed E-state index contributed by atoms with van der Waals surface area (Å²) in [6, 6.07) is 11.1. The van der Waals surface area contributed by atoms with Crippen LogP contribution in [0, 0.1) is 5.82 Å². The van der Waals surface area contributed by atoms with E-state index >= 15 is 0 Å². The number of hydrogen-bond donors (Lipinski definition) is 1. The number of carbonyl (C=O) groups excluding carboxylic acids is 2. The summed E-state index contributed by atoms with van der Waals surface area (Å²) >= 11 is 1.17. The van der Waals surface area contributed by atoms with Crippen LogP contribution in [-0.2, 0) is 4.79 Å². The van der Waals surface area contributed by atoms with Crippen LogP contribution in [0.3, 0.4) is 0 Å². The van der Waals surface area contributed by atoms with E-state index in [0.717, 1.165) is 0 Å². The van der Waals surface area contributed by atoms with Crippen LogP contribution in [0.2, 0.25) is 0 Å². The highest BCUT2D eigenvalue weighted by Gasteiger charge is 2.38. The second-order valence-electron chi connectivity index (χ2n) is 6.22.